The first-order chi connectivity index (χ1) is 13.9. The summed E-state index contributed by atoms with van der Waals surface area (Å²) in [7, 11) is 3.48. The molecule has 2 rings (SSSR count). The summed E-state index contributed by atoms with van der Waals surface area (Å²) >= 11 is 0. The van der Waals surface area contributed by atoms with Gasteiger partial charge in [0.05, 0.1) is 6.54 Å². The first-order valence-corrected chi connectivity index (χ1v) is 9.60. The molecule has 29 heavy (non-hydrogen) atoms. The van der Waals surface area contributed by atoms with Crippen LogP contribution in [0.4, 0.5) is 11.4 Å². The number of anilines is 2. The Morgan fingerprint density at radius 3 is 2.34 bits per heavy atom. The molecule has 154 valence electrons. The average Bonchev–Trinajstić information content (AvgIpc) is 2.71. The van der Waals surface area contributed by atoms with Crippen molar-refractivity contribution in [3.8, 4) is 0 Å². The van der Waals surface area contributed by atoms with Crippen molar-refractivity contribution >= 4 is 29.1 Å². The third-order valence-corrected chi connectivity index (χ3v) is 4.27. The summed E-state index contributed by atoms with van der Waals surface area (Å²) in [5.41, 5.74) is 3.03. The van der Waals surface area contributed by atoms with Crippen LogP contribution in [0.15, 0.2) is 48.5 Å². The van der Waals surface area contributed by atoms with Gasteiger partial charge in [-0.05, 0) is 55.3 Å². The fraction of sp³-hybridized carbons (Fsp3) is 0.318. The van der Waals surface area contributed by atoms with E-state index in [4.69, 9.17) is 0 Å². The van der Waals surface area contributed by atoms with Gasteiger partial charge >= 0.3 is 0 Å². The van der Waals surface area contributed by atoms with Crippen LogP contribution in [0.3, 0.4) is 0 Å². The van der Waals surface area contributed by atoms with E-state index in [-0.39, 0.29) is 24.3 Å². The fourth-order valence-corrected chi connectivity index (χ4v) is 2.67. The highest BCUT2D eigenvalue weighted by Crippen LogP contribution is 2.13. The highest BCUT2D eigenvalue weighted by Gasteiger charge is 2.07. The SMILES string of the molecule is CCNC(=O)c1ccc(NC(=O)CNc2cccc(CCC(=O)N(C)C)c2)cc1. The summed E-state index contributed by atoms with van der Waals surface area (Å²) in [6, 6.07) is 14.4. The molecule has 0 unspecified atom stereocenters. The molecule has 0 aliphatic heterocycles. The monoisotopic (exact) mass is 396 g/mol. The molecule has 3 amide bonds. The molecule has 2 aromatic carbocycles. The second-order valence-corrected chi connectivity index (χ2v) is 6.83. The Labute approximate surface area is 171 Å². The maximum atomic E-state index is 12.2. The highest BCUT2D eigenvalue weighted by molar-refractivity contribution is 5.96. The number of carbonyl (C=O) groups is 3. The topological polar surface area (TPSA) is 90.5 Å². The summed E-state index contributed by atoms with van der Waals surface area (Å²) < 4.78 is 0. The Morgan fingerprint density at radius 2 is 1.69 bits per heavy atom. The molecular formula is C22H28N4O3. The maximum absolute atomic E-state index is 12.2. The van der Waals surface area contributed by atoms with Gasteiger partial charge in [0.25, 0.3) is 5.91 Å². The third kappa shape index (κ3) is 7.29. The molecule has 0 bridgehead atoms. The van der Waals surface area contributed by atoms with E-state index in [1.165, 1.54) is 0 Å². The van der Waals surface area contributed by atoms with Crippen LogP contribution in [0, 0.1) is 0 Å². The highest BCUT2D eigenvalue weighted by atomic mass is 16.2. The van der Waals surface area contributed by atoms with Crippen LogP contribution in [0.2, 0.25) is 0 Å². The summed E-state index contributed by atoms with van der Waals surface area (Å²) in [4.78, 5) is 37.2. The molecule has 7 heteroatoms. The van der Waals surface area contributed by atoms with Gasteiger partial charge in [-0.25, -0.2) is 0 Å². The molecule has 0 atom stereocenters. The lowest BCUT2D eigenvalue weighted by Crippen LogP contribution is -2.23. The van der Waals surface area contributed by atoms with E-state index in [9.17, 15) is 14.4 Å². The molecule has 0 spiro atoms. The average molecular weight is 396 g/mol. The smallest absolute Gasteiger partial charge is 0.251 e. The largest absolute Gasteiger partial charge is 0.376 e. The van der Waals surface area contributed by atoms with E-state index in [0.29, 0.717) is 30.6 Å². The molecule has 2 aromatic rings. The molecule has 0 radical (unpaired) electrons. The molecule has 0 saturated carbocycles. The van der Waals surface area contributed by atoms with Crippen LogP contribution in [0.5, 0.6) is 0 Å². The van der Waals surface area contributed by atoms with Gasteiger partial charge in [-0.3, -0.25) is 14.4 Å². The second kappa shape index (κ2) is 10.8. The second-order valence-electron chi connectivity index (χ2n) is 6.83. The molecule has 0 aliphatic carbocycles. The van der Waals surface area contributed by atoms with Gasteiger partial charge in [-0.15, -0.1) is 0 Å². The molecule has 0 aliphatic rings. The lowest BCUT2D eigenvalue weighted by molar-refractivity contribution is -0.128. The van der Waals surface area contributed by atoms with Gasteiger partial charge in [0, 0.05) is 44.0 Å². The van der Waals surface area contributed by atoms with Gasteiger partial charge in [0.15, 0.2) is 0 Å². The van der Waals surface area contributed by atoms with E-state index in [1.54, 1.807) is 43.3 Å². The number of hydrogen-bond donors (Lipinski definition) is 3. The predicted molar refractivity (Wildman–Crippen MR) is 115 cm³/mol. The van der Waals surface area contributed by atoms with Crippen LogP contribution >= 0.6 is 0 Å². The number of hydrogen-bond acceptors (Lipinski definition) is 4. The maximum Gasteiger partial charge on any atom is 0.251 e. The minimum atomic E-state index is -0.191. The van der Waals surface area contributed by atoms with Crippen molar-refractivity contribution in [2.75, 3.05) is 37.8 Å². The first-order valence-electron chi connectivity index (χ1n) is 9.60. The lowest BCUT2D eigenvalue weighted by Gasteiger charge is -2.11. The van der Waals surface area contributed by atoms with Gasteiger partial charge in [0.1, 0.15) is 0 Å². The standard InChI is InChI=1S/C22H28N4O3/c1-4-23-22(29)17-9-11-18(12-10-17)25-20(27)15-24-19-7-5-6-16(14-19)8-13-21(28)26(2)3/h5-7,9-12,14,24H,4,8,13,15H2,1-3H3,(H,23,29)(H,25,27). The van der Waals surface area contributed by atoms with Crippen molar-refractivity contribution < 1.29 is 14.4 Å². The van der Waals surface area contributed by atoms with E-state index in [0.717, 1.165) is 11.3 Å². The summed E-state index contributed by atoms with van der Waals surface area (Å²) in [5.74, 6) is -0.246. The number of nitrogens with zero attached hydrogens (tertiary/aromatic N) is 1. The van der Waals surface area contributed by atoms with Crippen molar-refractivity contribution in [3.05, 3.63) is 59.7 Å². The van der Waals surface area contributed by atoms with Gasteiger partial charge < -0.3 is 20.9 Å². The van der Waals surface area contributed by atoms with E-state index < -0.39 is 0 Å². The van der Waals surface area contributed by atoms with Crippen LogP contribution < -0.4 is 16.0 Å². The fourth-order valence-electron chi connectivity index (χ4n) is 2.67. The Kier molecular flexibility index (Phi) is 8.21. The summed E-state index contributed by atoms with van der Waals surface area (Å²) in [6.45, 7) is 2.53. The first kappa shape index (κ1) is 21.9. The molecule has 7 nitrogen and oxygen atoms in total. The van der Waals surface area contributed by atoms with Crippen molar-refractivity contribution in [3.63, 3.8) is 0 Å². The molecule has 3 N–H and O–H groups in total. The zero-order valence-electron chi connectivity index (χ0n) is 17.1. The number of carbonyl (C=O) groups excluding carboxylic acids is 3. The minimum absolute atomic E-state index is 0.0842. The van der Waals surface area contributed by atoms with Gasteiger partial charge in [-0.2, -0.15) is 0 Å². The number of nitrogens with one attached hydrogen (secondary N) is 3. The Hall–Kier alpha value is -3.35. The summed E-state index contributed by atoms with van der Waals surface area (Å²) in [6.07, 6.45) is 1.10. The van der Waals surface area contributed by atoms with E-state index in [2.05, 4.69) is 16.0 Å². The lowest BCUT2D eigenvalue weighted by atomic mass is 10.1. The number of aryl methyl sites for hydroxylation is 1. The summed E-state index contributed by atoms with van der Waals surface area (Å²) in [5, 5.41) is 8.61. The Bertz CT molecular complexity index is 847. The van der Waals surface area contributed by atoms with Gasteiger partial charge in [0.2, 0.25) is 11.8 Å². The third-order valence-electron chi connectivity index (χ3n) is 4.27. The normalized spacial score (nSPS) is 10.2. The van der Waals surface area contributed by atoms with Crippen LogP contribution in [-0.2, 0) is 16.0 Å². The molecule has 0 aromatic heterocycles. The quantitative estimate of drug-likeness (QED) is 0.607. The van der Waals surface area contributed by atoms with Crippen LogP contribution in [0.25, 0.3) is 0 Å². The number of rotatable bonds is 9. The van der Waals surface area contributed by atoms with Crippen LogP contribution in [-0.4, -0.2) is 49.8 Å². The predicted octanol–water partition coefficient (Wildman–Crippen LogP) is 2.51. The Morgan fingerprint density at radius 1 is 0.966 bits per heavy atom. The number of amides is 3. The van der Waals surface area contributed by atoms with Crippen molar-refractivity contribution in [1.82, 2.24) is 10.2 Å². The van der Waals surface area contributed by atoms with Crippen molar-refractivity contribution in [1.29, 1.82) is 0 Å². The molecule has 0 heterocycles. The van der Waals surface area contributed by atoms with Crippen LogP contribution in [0.1, 0.15) is 29.3 Å². The van der Waals surface area contributed by atoms with Crippen molar-refractivity contribution in [2.24, 2.45) is 0 Å². The minimum Gasteiger partial charge on any atom is -0.376 e. The Balaban J connectivity index is 1.83. The van der Waals surface area contributed by atoms with E-state index in [1.807, 2.05) is 31.2 Å². The molecule has 0 fully saturated rings. The number of benzene rings is 2. The molecular weight excluding hydrogens is 368 g/mol. The zero-order chi connectivity index (χ0) is 21.2. The molecule has 0 saturated heterocycles. The van der Waals surface area contributed by atoms with Gasteiger partial charge in [-0.1, -0.05) is 12.1 Å². The zero-order valence-corrected chi connectivity index (χ0v) is 17.1. The van der Waals surface area contributed by atoms with Crippen molar-refractivity contribution in [2.45, 2.75) is 19.8 Å². The van der Waals surface area contributed by atoms with E-state index >= 15 is 0 Å².